The van der Waals surface area contributed by atoms with Gasteiger partial charge in [0.1, 0.15) is 6.07 Å². The molecule has 1 aromatic rings. The Morgan fingerprint density at radius 3 is 2.93 bits per heavy atom. The lowest BCUT2D eigenvalue weighted by molar-refractivity contribution is 0.281. The average Bonchev–Trinajstić information content (AvgIpc) is 2.18. The summed E-state index contributed by atoms with van der Waals surface area (Å²) in [5, 5.41) is 21.2. The summed E-state index contributed by atoms with van der Waals surface area (Å²) in [7, 11) is 0. The van der Waals surface area contributed by atoms with Crippen molar-refractivity contribution in [1.29, 1.82) is 5.26 Å². The van der Waals surface area contributed by atoms with Crippen molar-refractivity contribution in [3.05, 3.63) is 28.8 Å². The van der Waals surface area contributed by atoms with Gasteiger partial charge in [0.2, 0.25) is 0 Å². The van der Waals surface area contributed by atoms with Crippen molar-refractivity contribution in [2.45, 2.75) is 13.0 Å². The van der Waals surface area contributed by atoms with Gasteiger partial charge in [-0.25, -0.2) is 0 Å². The maximum absolute atomic E-state index is 8.85. The lowest BCUT2D eigenvalue weighted by Crippen LogP contribution is -2.19. The molecule has 1 aromatic carbocycles. The fraction of sp³-hybridized carbons (Fsp3) is 0.300. The molecule has 0 aromatic heterocycles. The molecule has 0 aliphatic rings. The van der Waals surface area contributed by atoms with Crippen molar-refractivity contribution in [1.82, 2.24) is 0 Å². The quantitative estimate of drug-likeness (QED) is 0.803. The third kappa shape index (κ3) is 2.63. The molecule has 0 amide bonds. The molecule has 0 radical (unpaired) electrons. The van der Waals surface area contributed by atoms with Crippen LogP contribution in [-0.4, -0.2) is 17.8 Å². The zero-order chi connectivity index (χ0) is 10.6. The predicted octanol–water partition coefficient (Wildman–Crippen LogP) is 2.00. The smallest absolute Gasteiger partial charge is 0.101 e. The van der Waals surface area contributed by atoms with E-state index < -0.39 is 0 Å². The average molecular weight is 211 g/mol. The normalized spacial score (nSPS) is 11.9. The molecule has 74 valence electrons. The number of nitriles is 1. The van der Waals surface area contributed by atoms with Crippen LogP contribution in [0.1, 0.15) is 12.5 Å². The number of nitrogens with one attached hydrogen (secondary N) is 1. The van der Waals surface area contributed by atoms with Crippen LogP contribution in [0.4, 0.5) is 5.69 Å². The van der Waals surface area contributed by atoms with E-state index in [4.69, 9.17) is 22.0 Å². The molecule has 0 heterocycles. The Bertz CT molecular complexity index is 360. The van der Waals surface area contributed by atoms with Gasteiger partial charge in [-0.3, -0.25) is 0 Å². The third-order valence-electron chi connectivity index (χ3n) is 1.78. The second-order valence-corrected chi connectivity index (χ2v) is 3.47. The summed E-state index contributed by atoms with van der Waals surface area (Å²) in [6, 6.07) is 6.93. The molecule has 0 saturated carbocycles. The minimum absolute atomic E-state index is 0.0113. The number of anilines is 1. The van der Waals surface area contributed by atoms with Gasteiger partial charge in [-0.2, -0.15) is 5.26 Å². The van der Waals surface area contributed by atoms with Crippen LogP contribution in [0.15, 0.2) is 18.2 Å². The fourth-order valence-corrected chi connectivity index (χ4v) is 1.22. The highest BCUT2D eigenvalue weighted by molar-refractivity contribution is 6.30. The number of hydrogen-bond donors (Lipinski definition) is 2. The fourth-order valence-electron chi connectivity index (χ4n) is 1.04. The molecule has 0 bridgehead atoms. The largest absolute Gasteiger partial charge is 0.394 e. The molecular weight excluding hydrogens is 200 g/mol. The van der Waals surface area contributed by atoms with Crippen LogP contribution in [0.2, 0.25) is 5.02 Å². The third-order valence-corrected chi connectivity index (χ3v) is 2.01. The minimum Gasteiger partial charge on any atom is -0.394 e. The SMILES string of the molecule is C[C@@H](CO)Nc1cc(Cl)ccc1C#N. The van der Waals surface area contributed by atoms with Crippen molar-refractivity contribution in [2.24, 2.45) is 0 Å². The Morgan fingerprint density at radius 1 is 1.64 bits per heavy atom. The minimum atomic E-state index is -0.0967. The summed E-state index contributed by atoms with van der Waals surface area (Å²) in [5.41, 5.74) is 1.18. The number of halogens is 1. The maximum atomic E-state index is 8.85. The van der Waals surface area contributed by atoms with E-state index in [1.807, 2.05) is 13.0 Å². The van der Waals surface area contributed by atoms with Crippen LogP contribution in [0, 0.1) is 11.3 Å². The van der Waals surface area contributed by atoms with E-state index in [0.717, 1.165) is 0 Å². The number of benzene rings is 1. The van der Waals surface area contributed by atoms with Gasteiger partial charge in [0, 0.05) is 11.1 Å². The second-order valence-electron chi connectivity index (χ2n) is 3.03. The van der Waals surface area contributed by atoms with Crippen LogP contribution in [0.3, 0.4) is 0 Å². The first-order valence-electron chi connectivity index (χ1n) is 4.24. The highest BCUT2D eigenvalue weighted by Gasteiger charge is 2.05. The van der Waals surface area contributed by atoms with Crippen LogP contribution in [-0.2, 0) is 0 Å². The van der Waals surface area contributed by atoms with Gasteiger partial charge in [0.05, 0.1) is 17.9 Å². The van der Waals surface area contributed by atoms with Crippen molar-refractivity contribution < 1.29 is 5.11 Å². The van der Waals surface area contributed by atoms with Crippen LogP contribution >= 0.6 is 11.6 Å². The molecular formula is C10H11ClN2O. The molecule has 0 spiro atoms. The van der Waals surface area contributed by atoms with Crippen molar-refractivity contribution in [3.8, 4) is 6.07 Å². The Labute approximate surface area is 87.9 Å². The van der Waals surface area contributed by atoms with Crippen molar-refractivity contribution >= 4 is 17.3 Å². The lowest BCUT2D eigenvalue weighted by atomic mass is 10.2. The van der Waals surface area contributed by atoms with Crippen LogP contribution in [0.25, 0.3) is 0 Å². The lowest BCUT2D eigenvalue weighted by Gasteiger charge is -2.13. The molecule has 1 rings (SSSR count). The Morgan fingerprint density at radius 2 is 2.36 bits per heavy atom. The standard InChI is InChI=1S/C10H11ClN2O/c1-7(6-14)13-10-4-9(11)3-2-8(10)5-12/h2-4,7,13-14H,6H2,1H3/t7-/m0/s1. The van der Waals surface area contributed by atoms with Gasteiger partial charge in [-0.15, -0.1) is 0 Å². The second kappa shape index (κ2) is 4.85. The predicted molar refractivity (Wildman–Crippen MR) is 56.3 cm³/mol. The van der Waals surface area contributed by atoms with Gasteiger partial charge in [-0.1, -0.05) is 11.6 Å². The topological polar surface area (TPSA) is 56.0 Å². The molecule has 2 N–H and O–H groups in total. The first kappa shape index (κ1) is 10.8. The van der Waals surface area contributed by atoms with Crippen LogP contribution < -0.4 is 5.32 Å². The van der Waals surface area contributed by atoms with E-state index in [1.165, 1.54) is 0 Å². The molecule has 0 saturated heterocycles. The van der Waals surface area contributed by atoms with Gasteiger partial charge >= 0.3 is 0 Å². The summed E-state index contributed by atoms with van der Waals surface area (Å²) in [5.74, 6) is 0. The van der Waals surface area contributed by atoms with Gasteiger partial charge in [0.15, 0.2) is 0 Å². The monoisotopic (exact) mass is 210 g/mol. The number of aliphatic hydroxyl groups excluding tert-OH is 1. The summed E-state index contributed by atoms with van der Waals surface area (Å²) in [6.45, 7) is 1.83. The summed E-state index contributed by atoms with van der Waals surface area (Å²) >= 11 is 5.79. The van der Waals surface area contributed by atoms with E-state index in [-0.39, 0.29) is 12.6 Å². The number of rotatable bonds is 3. The Hall–Kier alpha value is -1.24. The first-order chi connectivity index (χ1) is 6.67. The van der Waals surface area contributed by atoms with Crippen molar-refractivity contribution in [2.75, 3.05) is 11.9 Å². The number of aliphatic hydroxyl groups is 1. The molecule has 0 fully saturated rings. The van der Waals surface area contributed by atoms with E-state index in [1.54, 1.807) is 18.2 Å². The molecule has 3 nitrogen and oxygen atoms in total. The Balaban J connectivity index is 2.94. The summed E-state index contributed by atoms with van der Waals surface area (Å²) in [6.07, 6.45) is 0. The molecule has 0 unspecified atom stereocenters. The summed E-state index contributed by atoms with van der Waals surface area (Å²) in [4.78, 5) is 0. The van der Waals surface area contributed by atoms with Gasteiger partial charge in [-0.05, 0) is 25.1 Å². The Kier molecular flexibility index (Phi) is 3.75. The van der Waals surface area contributed by atoms with Gasteiger partial charge < -0.3 is 10.4 Å². The maximum Gasteiger partial charge on any atom is 0.101 e. The summed E-state index contributed by atoms with van der Waals surface area (Å²) < 4.78 is 0. The number of hydrogen-bond acceptors (Lipinski definition) is 3. The number of nitrogens with zero attached hydrogens (tertiary/aromatic N) is 1. The highest BCUT2D eigenvalue weighted by Crippen LogP contribution is 2.20. The molecule has 0 aliphatic carbocycles. The van der Waals surface area contributed by atoms with E-state index in [0.29, 0.717) is 16.3 Å². The zero-order valence-electron chi connectivity index (χ0n) is 7.79. The molecule has 4 heteroatoms. The van der Waals surface area contributed by atoms with Crippen LogP contribution in [0.5, 0.6) is 0 Å². The van der Waals surface area contributed by atoms with E-state index >= 15 is 0 Å². The first-order valence-corrected chi connectivity index (χ1v) is 4.62. The zero-order valence-corrected chi connectivity index (χ0v) is 8.54. The van der Waals surface area contributed by atoms with Crippen molar-refractivity contribution in [3.63, 3.8) is 0 Å². The molecule has 1 atom stereocenters. The van der Waals surface area contributed by atoms with E-state index in [2.05, 4.69) is 5.32 Å². The van der Waals surface area contributed by atoms with E-state index in [9.17, 15) is 0 Å². The molecule has 14 heavy (non-hydrogen) atoms. The molecule has 0 aliphatic heterocycles. The van der Waals surface area contributed by atoms with Gasteiger partial charge in [0.25, 0.3) is 0 Å². The highest BCUT2D eigenvalue weighted by atomic mass is 35.5.